The lowest BCUT2D eigenvalue weighted by molar-refractivity contribution is -0.149. The van der Waals surface area contributed by atoms with Crippen LogP contribution in [-0.4, -0.2) is 29.6 Å². The van der Waals surface area contributed by atoms with Gasteiger partial charge < -0.3 is 15.2 Å². The number of hydrogen-bond acceptors (Lipinski definition) is 3. The summed E-state index contributed by atoms with van der Waals surface area (Å²) in [4.78, 5) is 23.8. The molecule has 5 heteroatoms. The highest BCUT2D eigenvalue weighted by Crippen LogP contribution is 2.32. The molecule has 1 amide bonds. The molecule has 1 aliphatic rings. The van der Waals surface area contributed by atoms with E-state index < -0.39 is 11.5 Å². The highest BCUT2D eigenvalue weighted by atomic mass is 16.5. The maximum absolute atomic E-state index is 12.2. The SMILES string of the molecule is COc1ccc(CCCC(=O)NC2(C(=O)O)CCC(C)CC2)cc1. The van der Waals surface area contributed by atoms with Crippen LogP contribution in [0.25, 0.3) is 0 Å². The minimum atomic E-state index is -1.07. The summed E-state index contributed by atoms with van der Waals surface area (Å²) in [6, 6.07) is 7.77. The number of aliphatic carboxylic acids is 1. The molecule has 132 valence electrons. The molecule has 0 aliphatic heterocycles. The molecule has 0 bridgehead atoms. The van der Waals surface area contributed by atoms with Crippen LogP contribution in [0.5, 0.6) is 5.75 Å². The van der Waals surface area contributed by atoms with Crippen molar-refractivity contribution in [3.05, 3.63) is 29.8 Å². The van der Waals surface area contributed by atoms with Crippen molar-refractivity contribution in [2.75, 3.05) is 7.11 Å². The Morgan fingerprint density at radius 2 is 1.88 bits per heavy atom. The van der Waals surface area contributed by atoms with Crippen LogP contribution in [0, 0.1) is 5.92 Å². The van der Waals surface area contributed by atoms with Gasteiger partial charge in [0.15, 0.2) is 0 Å². The second kappa shape index (κ2) is 8.18. The van der Waals surface area contributed by atoms with Crippen LogP contribution in [0.15, 0.2) is 24.3 Å². The fourth-order valence-corrected chi connectivity index (χ4v) is 3.22. The molecule has 0 radical (unpaired) electrons. The van der Waals surface area contributed by atoms with Crippen LogP contribution in [0.1, 0.15) is 51.0 Å². The zero-order valence-electron chi connectivity index (χ0n) is 14.5. The molecule has 0 spiro atoms. The highest BCUT2D eigenvalue weighted by molar-refractivity contribution is 5.87. The Morgan fingerprint density at radius 1 is 1.25 bits per heavy atom. The minimum absolute atomic E-state index is 0.166. The summed E-state index contributed by atoms with van der Waals surface area (Å²) >= 11 is 0. The number of carboxylic acids is 1. The van der Waals surface area contributed by atoms with E-state index in [2.05, 4.69) is 12.2 Å². The normalized spacial score (nSPS) is 23.5. The van der Waals surface area contributed by atoms with E-state index in [0.717, 1.165) is 30.6 Å². The average molecular weight is 333 g/mol. The molecule has 5 nitrogen and oxygen atoms in total. The highest BCUT2D eigenvalue weighted by Gasteiger charge is 2.42. The Kier molecular flexibility index (Phi) is 6.23. The minimum Gasteiger partial charge on any atom is -0.497 e. The predicted molar refractivity (Wildman–Crippen MR) is 92.1 cm³/mol. The first-order chi connectivity index (χ1) is 11.4. The van der Waals surface area contributed by atoms with E-state index in [1.54, 1.807) is 7.11 Å². The van der Waals surface area contributed by atoms with E-state index >= 15 is 0 Å². The summed E-state index contributed by atoms with van der Waals surface area (Å²) in [6.45, 7) is 2.13. The van der Waals surface area contributed by atoms with Crippen molar-refractivity contribution in [2.45, 2.75) is 57.4 Å². The van der Waals surface area contributed by atoms with Crippen molar-refractivity contribution in [1.82, 2.24) is 5.32 Å². The molecule has 24 heavy (non-hydrogen) atoms. The van der Waals surface area contributed by atoms with Crippen molar-refractivity contribution < 1.29 is 19.4 Å². The fourth-order valence-electron chi connectivity index (χ4n) is 3.22. The van der Waals surface area contributed by atoms with Crippen molar-refractivity contribution >= 4 is 11.9 Å². The van der Waals surface area contributed by atoms with Gasteiger partial charge in [0.2, 0.25) is 5.91 Å². The largest absolute Gasteiger partial charge is 0.497 e. The number of aryl methyl sites for hydroxylation is 1. The molecule has 1 saturated carbocycles. The molecular formula is C19H27NO4. The number of rotatable bonds is 7. The molecule has 2 N–H and O–H groups in total. The van der Waals surface area contributed by atoms with E-state index in [4.69, 9.17) is 4.74 Å². The Balaban J connectivity index is 1.81. The molecule has 0 aromatic heterocycles. The van der Waals surface area contributed by atoms with Crippen LogP contribution in [0.3, 0.4) is 0 Å². The van der Waals surface area contributed by atoms with Gasteiger partial charge in [-0.15, -0.1) is 0 Å². The Hall–Kier alpha value is -2.04. The van der Waals surface area contributed by atoms with Crippen LogP contribution in [0.2, 0.25) is 0 Å². The standard InChI is InChI=1S/C19H27NO4/c1-14-10-12-19(13-11-14,18(22)23)20-17(21)5-3-4-15-6-8-16(24-2)9-7-15/h6-9,14H,3-5,10-13H2,1-2H3,(H,20,21)(H,22,23). The Bertz CT molecular complexity index is 559. The van der Waals surface area contributed by atoms with Gasteiger partial charge in [-0.2, -0.15) is 0 Å². The summed E-state index contributed by atoms with van der Waals surface area (Å²) in [5, 5.41) is 12.3. The lowest BCUT2D eigenvalue weighted by Gasteiger charge is -2.36. The maximum Gasteiger partial charge on any atom is 0.329 e. The van der Waals surface area contributed by atoms with Crippen molar-refractivity contribution in [2.24, 2.45) is 5.92 Å². The second-order valence-corrected chi connectivity index (χ2v) is 6.82. The van der Waals surface area contributed by atoms with Crippen molar-refractivity contribution in [1.29, 1.82) is 0 Å². The number of ether oxygens (including phenoxy) is 1. The molecule has 0 unspecified atom stereocenters. The Morgan fingerprint density at radius 3 is 2.42 bits per heavy atom. The zero-order valence-corrected chi connectivity index (χ0v) is 14.5. The van der Waals surface area contributed by atoms with Crippen LogP contribution in [0.4, 0.5) is 0 Å². The third-order valence-electron chi connectivity index (χ3n) is 4.94. The summed E-state index contributed by atoms with van der Waals surface area (Å²) in [5.74, 6) is 0.272. The fraction of sp³-hybridized carbons (Fsp3) is 0.579. The molecule has 1 fully saturated rings. The quantitative estimate of drug-likeness (QED) is 0.803. The number of benzene rings is 1. The number of nitrogens with one attached hydrogen (secondary N) is 1. The first-order valence-electron chi connectivity index (χ1n) is 8.62. The number of amides is 1. The molecular weight excluding hydrogens is 306 g/mol. The van der Waals surface area contributed by atoms with Crippen molar-refractivity contribution in [3.63, 3.8) is 0 Å². The first kappa shape index (κ1) is 18.3. The number of carboxylic acid groups (broad SMARTS) is 1. The van der Waals surface area contributed by atoms with Gasteiger partial charge in [0.1, 0.15) is 11.3 Å². The van der Waals surface area contributed by atoms with Crippen molar-refractivity contribution in [3.8, 4) is 5.75 Å². The van der Waals surface area contributed by atoms with Gasteiger partial charge in [0, 0.05) is 6.42 Å². The molecule has 0 heterocycles. The zero-order chi connectivity index (χ0) is 17.6. The van der Waals surface area contributed by atoms with E-state index in [0.29, 0.717) is 31.6 Å². The van der Waals surface area contributed by atoms with Gasteiger partial charge in [0.05, 0.1) is 7.11 Å². The topological polar surface area (TPSA) is 75.6 Å². The summed E-state index contributed by atoms with van der Waals surface area (Å²) in [6.07, 6.45) is 4.56. The number of methoxy groups -OCH3 is 1. The molecule has 0 saturated heterocycles. The summed E-state index contributed by atoms with van der Waals surface area (Å²) < 4.78 is 5.12. The second-order valence-electron chi connectivity index (χ2n) is 6.82. The number of carbonyl (C=O) groups is 2. The number of hydrogen-bond donors (Lipinski definition) is 2. The van der Waals surface area contributed by atoms with Crippen LogP contribution < -0.4 is 10.1 Å². The monoisotopic (exact) mass is 333 g/mol. The predicted octanol–water partition coefficient (Wildman–Crippen LogP) is 3.17. The van der Waals surface area contributed by atoms with E-state index in [1.165, 1.54) is 0 Å². The van der Waals surface area contributed by atoms with Gasteiger partial charge in [-0.25, -0.2) is 4.79 Å². The number of carbonyl (C=O) groups excluding carboxylic acids is 1. The summed E-state index contributed by atoms with van der Waals surface area (Å²) in [5.41, 5.74) is 0.0759. The molecule has 1 aliphatic carbocycles. The maximum atomic E-state index is 12.2. The summed E-state index contributed by atoms with van der Waals surface area (Å²) in [7, 11) is 1.63. The van der Waals surface area contributed by atoms with E-state index in [1.807, 2.05) is 24.3 Å². The lowest BCUT2D eigenvalue weighted by Crippen LogP contribution is -2.56. The van der Waals surface area contributed by atoms with Crippen LogP contribution >= 0.6 is 0 Å². The molecule has 2 rings (SSSR count). The van der Waals surface area contributed by atoms with Gasteiger partial charge >= 0.3 is 5.97 Å². The van der Waals surface area contributed by atoms with Gasteiger partial charge in [-0.05, 0) is 62.1 Å². The first-order valence-corrected chi connectivity index (χ1v) is 8.62. The van der Waals surface area contributed by atoms with Gasteiger partial charge in [0.25, 0.3) is 0 Å². The third-order valence-corrected chi connectivity index (χ3v) is 4.94. The molecule has 1 aromatic carbocycles. The third kappa shape index (κ3) is 4.73. The molecule has 1 aromatic rings. The van der Waals surface area contributed by atoms with Gasteiger partial charge in [-0.3, -0.25) is 4.79 Å². The van der Waals surface area contributed by atoms with E-state index in [-0.39, 0.29) is 5.91 Å². The Labute approximate surface area is 143 Å². The van der Waals surface area contributed by atoms with E-state index in [9.17, 15) is 14.7 Å². The smallest absolute Gasteiger partial charge is 0.329 e. The average Bonchev–Trinajstić information content (AvgIpc) is 2.57. The molecule has 0 atom stereocenters. The lowest BCUT2D eigenvalue weighted by atomic mass is 9.77. The van der Waals surface area contributed by atoms with Crippen LogP contribution in [-0.2, 0) is 16.0 Å². The van der Waals surface area contributed by atoms with Gasteiger partial charge in [-0.1, -0.05) is 19.1 Å².